The average Bonchev–Trinajstić information content (AvgIpc) is 2.05. The van der Waals surface area contributed by atoms with Gasteiger partial charge in [0.2, 0.25) is 0 Å². The van der Waals surface area contributed by atoms with Gasteiger partial charge < -0.3 is 16.4 Å². The molecular formula is C11H23N3S. The Kier molecular flexibility index (Phi) is 4.34. The minimum absolute atomic E-state index is 0.0167. The Hall–Kier alpha value is -0.350. The molecule has 2 atom stereocenters. The van der Waals surface area contributed by atoms with Gasteiger partial charge in [0, 0.05) is 17.6 Å². The Morgan fingerprint density at radius 3 is 2.40 bits per heavy atom. The van der Waals surface area contributed by atoms with Crippen molar-refractivity contribution in [1.82, 2.24) is 10.6 Å². The standard InChI is InChI=1S/C11H23N3S/c1-11(2,3)14-10(15)13-9-7-5-4-6-8(9)12/h8-9H,4-7,12H2,1-3H3,(H2,13,14,15)/t8-,9-/m1/s1. The zero-order chi connectivity index (χ0) is 11.5. The first-order valence-corrected chi connectivity index (χ1v) is 6.13. The molecule has 0 aromatic carbocycles. The number of hydrogen-bond donors (Lipinski definition) is 3. The summed E-state index contributed by atoms with van der Waals surface area (Å²) in [5.74, 6) is 0. The summed E-state index contributed by atoms with van der Waals surface area (Å²) >= 11 is 5.26. The molecule has 15 heavy (non-hydrogen) atoms. The lowest BCUT2D eigenvalue weighted by molar-refractivity contribution is 0.356. The zero-order valence-corrected chi connectivity index (χ0v) is 10.8. The van der Waals surface area contributed by atoms with Crippen molar-refractivity contribution in [3.63, 3.8) is 0 Å². The van der Waals surface area contributed by atoms with Gasteiger partial charge in [-0.3, -0.25) is 0 Å². The third kappa shape index (κ3) is 4.80. The molecule has 0 spiro atoms. The van der Waals surface area contributed by atoms with E-state index < -0.39 is 0 Å². The molecule has 0 aliphatic heterocycles. The van der Waals surface area contributed by atoms with E-state index in [0.29, 0.717) is 6.04 Å². The van der Waals surface area contributed by atoms with E-state index >= 15 is 0 Å². The third-order valence-electron chi connectivity index (χ3n) is 2.62. The molecular weight excluding hydrogens is 206 g/mol. The molecule has 0 unspecified atom stereocenters. The maximum absolute atomic E-state index is 6.04. The number of rotatable bonds is 1. The number of thiocarbonyl (C=S) groups is 1. The second-order valence-electron chi connectivity index (χ2n) is 5.40. The van der Waals surface area contributed by atoms with E-state index in [0.717, 1.165) is 18.0 Å². The summed E-state index contributed by atoms with van der Waals surface area (Å²) in [6.07, 6.45) is 4.74. The van der Waals surface area contributed by atoms with Crippen LogP contribution < -0.4 is 16.4 Å². The predicted molar refractivity (Wildman–Crippen MR) is 68.9 cm³/mol. The minimum atomic E-state index is 0.0167. The van der Waals surface area contributed by atoms with E-state index in [9.17, 15) is 0 Å². The van der Waals surface area contributed by atoms with E-state index in [1.54, 1.807) is 0 Å². The van der Waals surface area contributed by atoms with Gasteiger partial charge in [0.1, 0.15) is 0 Å². The van der Waals surface area contributed by atoms with Crippen LogP contribution in [0.2, 0.25) is 0 Å². The van der Waals surface area contributed by atoms with E-state index in [1.807, 2.05) is 0 Å². The summed E-state index contributed by atoms with van der Waals surface area (Å²) in [6, 6.07) is 0.597. The highest BCUT2D eigenvalue weighted by molar-refractivity contribution is 7.80. The van der Waals surface area contributed by atoms with Gasteiger partial charge in [-0.1, -0.05) is 12.8 Å². The molecule has 1 aliphatic rings. The smallest absolute Gasteiger partial charge is 0.166 e. The van der Waals surface area contributed by atoms with Crippen LogP contribution in [0.15, 0.2) is 0 Å². The lowest BCUT2D eigenvalue weighted by Crippen LogP contribution is -2.55. The first-order valence-electron chi connectivity index (χ1n) is 5.73. The Labute approximate surface area is 98.2 Å². The molecule has 0 radical (unpaired) electrons. The van der Waals surface area contributed by atoms with Crippen LogP contribution in [0.5, 0.6) is 0 Å². The molecule has 4 heteroatoms. The maximum atomic E-state index is 6.04. The second kappa shape index (κ2) is 5.12. The van der Waals surface area contributed by atoms with E-state index in [-0.39, 0.29) is 11.6 Å². The van der Waals surface area contributed by atoms with Crippen LogP contribution in [0.4, 0.5) is 0 Å². The molecule has 1 rings (SSSR count). The number of hydrogen-bond acceptors (Lipinski definition) is 2. The van der Waals surface area contributed by atoms with Gasteiger partial charge in [-0.25, -0.2) is 0 Å². The maximum Gasteiger partial charge on any atom is 0.166 e. The molecule has 0 saturated heterocycles. The average molecular weight is 229 g/mol. The fourth-order valence-electron chi connectivity index (χ4n) is 1.88. The molecule has 0 aromatic heterocycles. The van der Waals surface area contributed by atoms with Crippen LogP contribution in [-0.2, 0) is 0 Å². The summed E-state index contributed by atoms with van der Waals surface area (Å²) < 4.78 is 0. The molecule has 88 valence electrons. The molecule has 3 nitrogen and oxygen atoms in total. The van der Waals surface area contributed by atoms with Crippen molar-refractivity contribution < 1.29 is 0 Å². The van der Waals surface area contributed by atoms with Crippen molar-refractivity contribution in [3.05, 3.63) is 0 Å². The quantitative estimate of drug-likeness (QED) is 0.597. The summed E-state index contributed by atoms with van der Waals surface area (Å²) in [4.78, 5) is 0. The van der Waals surface area contributed by atoms with Gasteiger partial charge in [-0.15, -0.1) is 0 Å². The molecule has 0 heterocycles. The Morgan fingerprint density at radius 1 is 1.27 bits per heavy atom. The van der Waals surface area contributed by atoms with Gasteiger partial charge in [-0.05, 0) is 45.8 Å². The highest BCUT2D eigenvalue weighted by Crippen LogP contribution is 2.16. The van der Waals surface area contributed by atoms with Crippen LogP contribution in [0.3, 0.4) is 0 Å². The topological polar surface area (TPSA) is 50.1 Å². The van der Waals surface area contributed by atoms with Gasteiger partial charge >= 0.3 is 0 Å². The summed E-state index contributed by atoms with van der Waals surface area (Å²) in [7, 11) is 0. The normalized spacial score (nSPS) is 27.2. The third-order valence-corrected chi connectivity index (χ3v) is 2.84. The first kappa shape index (κ1) is 12.7. The van der Waals surface area contributed by atoms with Gasteiger partial charge in [0.25, 0.3) is 0 Å². The summed E-state index contributed by atoms with van der Waals surface area (Å²) in [6.45, 7) is 6.30. The molecule has 1 fully saturated rings. The minimum Gasteiger partial charge on any atom is -0.358 e. The highest BCUT2D eigenvalue weighted by Gasteiger charge is 2.23. The van der Waals surface area contributed by atoms with Crippen molar-refractivity contribution >= 4 is 17.3 Å². The van der Waals surface area contributed by atoms with Crippen molar-refractivity contribution in [2.45, 2.75) is 64.1 Å². The second-order valence-corrected chi connectivity index (χ2v) is 5.81. The van der Waals surface area contributed by atoms with Crippen LogP contribution in [0.1, 0.15) is 46.5 Å². The zero-order valence-electron chi connectivity index (χ0n) is 9.97. The highest BCUT2D eigenvalue weighted by atomic mass is 32.1. The van der Waals surface area contributed by atoms with E-state index in [2.05, 4.69) is 31.4 Å². The Bertz CT molecular complexity index is 222. The van der Waals surface area contributed by atoms with Crippen LogP contribution in [0.25, 0.3) is 0 Å². The number of nitrogens with one attached hydrogen (secondary N) is 2. The van der Waals surface area contributed by atoms with Crippen molar-refractivity contribution in [2.75, 3.05) is 0 Å². The lowest BCUT2D eigenvalue weighted by atomic mass is 9.91. The van der Waals surface area contributed by atoms with Crippen LogP contribution >= 0.6 is 12.2 Å². The molecule has 0 aromatic rings. The summed E-state index contributed by atoms with van der Waals surface area (Å²) in [5.41, 5.74) is 6.06. The van der Waals surface area contributed by atoms with Crippen LogP contribution in [0, 0.1) is 0 Å². The van der Waals surface area contributed by atoms with E-state index in [1.165, 1.54) is 12.8 Å². The molecule has 1 saturated carbocycles. The fraction of sp³-hybridized carbons (Fsp3) is 0.909. The van der Waals surface area contributed by atoms with Gasteiger partial charge in [0.15, 0.2) is 5.11 Å². The van der Waals surface area contributed by atoms with Gasteiger partial charge in [0.05, 0.1) is 0 Å². The van der Waals surface area contributed by atoms with Crippen molar-refractivity contribution in [1.29, 1.82) is 0 Å². The largest absolute Gasteiger partial charge is 0.358 e. The Morgan fingerprint density at radius 2 is 1.87 bits per heavy atom. The predicted octanol–water partition coefficient (Wildman–Crippen LogP) is 1.52. The summed E-state index contributed by atoms with van der Waals surface area (Å²) in [5, 5.41) is 7.30. The fourth-order valence-corrected chi connectivity index (χ4v) is 2.34. The molecule has 0 bridgehead atoms. The molecule has 4 N–H and O–H groups in total. The lowest BCUT2D eigenvalue weighted by Gasteiger charge is -2.32. The van der Waals surface area contributed by atoms with Crippen LogP contribution in [-0.4, -0.2) is 22.7 Å². The van der Waals surface area contributed by atoms with E-state index in [4.69, 9.17) is 18.0 Å². The van der Waals surface area contributed by atoms with Crippen molar-refractivity contribution in [3.8, 4) is 0 Å². The Balaban J connectivity index is 2.36. The van der Waals surface area contributed by atoms with Crippen molar-refractivity contribution in [2.24, 2.45) is 5.73 Å². The van der Waals surface area contributed by atoms with Gasteiger partial charge in [-0.2, -0.15) is 0 Å². The molecule has 0 amide bonds. The SMILES string of the molecule is CC(C)(C)NC(=S)N[C@@H]1CCCC[C@H]1N. The number of nitrogens with two attached hydrogens (primary N) is 1. The monoisotopic (exact) mass is 229 g/mol. The first-order chi connectivity index (χ1) is 6.88. The molecule has 1 aliphatic carbocycles.